The number of benzene rings is 1. The van der Waals surface area contributed by atoms with Crippen LogP contribution in [-0.4, -0.2) is 22.4 Å². The summed E-state index contributed by atoms with van der Waals surface area (Å²) in [5.41, 5.74) is 7.50. The number of thiocarbonyl (C=S) groups is 1. The molecule has 0 fully saturated rings. The van der Waals surface area contributed by atoms with Crippen molar-refractivity contribution in [1.29, 1.82) is 0 Å². The Hall–Kier alpha value is -1.13. The molecule has 1 aromatic rings. The van der Waals surface area contributed by atoms with Crippen LogP contribution in [0.25, 0.3) is 0 Å². The van der Waals surface area contributed by atoms with Gasteiger partial charge in [0.05, 0.1) is 5.71 Å². The third-order valence-corrected chi connectivity index (χ3v) is 2.66. The Morgan fingerprint density at radius 2 is 2.33 bits per heavy atom. The molecule has 0 radical (unpaired) electrons. The van der Waals surface area contributed by atoms with Gasteiger partial charge in [-0.2, -0.15) is 5.10 Å². The zero-order chi connectivity index (χ0) is 10.8. The second-order valence-electron chi connectivity index (χ2n) is 3.27. The van der Waals surface area contributed by atoms with Gasteiger partial charge in [-0.25, -0.2) is 5.01 Å². The Bertz CT molecular complexity index is 430. The van der Waals surface area contributed by atoms with E-state index in [1.165, 1.54) is 0 Å². The molecular formula is C10H10ClN3S. The van der Waals surface area contributed by atoms with Crippen molar-refractivity contribution >= 4 is 34.6 Å². The molecule has 0 aromatic heterocycles. The first-order chi connectivity index (χ1) is 7.16. The molecule has 5 heteroatoms. The van der Waals surface area contributed by atoms with E-state index in [1.807, 2.05) is 24.3 Å². The van der Waals surface area contributed by atoms with Crippen molar-refractivity contribution in [2.75, 3.05) is 6.54 Å². The highest BCUT2D eigenvalue weighted by molar-refractivity contribution is 7.80. The van der Waals surface area contributed by atoms with Crippen LogP contribution < -0.4 is 5.73 Å². The molecule has 1 aliphatic heterocycles. The second-order valence-corrected chi connectivity index (χ2v) is 4.12. The van der Waals surface area contributed by atoms with Gasteiger partial charge in [-0.05, 0) is 29.9 Å². The predicted molar refractivity (Wildman–Crippen MR) is 66.1 cm³/mol. The third-order valence-electron chi connectivity index (χ3n) is 2.21. The summed E-state index contributed by atoms with van der Waals surface area (Å²) in [6.45, 7) is 0.747. The SMILES string of the molecule is NC(=S)N1CCC(c2cccc(Cl)c2)=N1. The average molecular weight is 240 g/mol. The largest absolute Gasteiger partial charge is 0.375 e. The fourth-order valence-electron chi connectivity index (χ4n) is 1.49. The van der Waals surface area contributed by atoms with Crippen LogP contribution in [0.4, 0.5) is 0 Å². The molecule has 2 N–H and O–H groups in total. The van der Waals surface area contributed by atoms with E-state index in [-0.39, 0.29) is 0 Å². The molecule has 0 atom stereocenters. The first kappa shape index (κ1) is 10.4. The number of hydrogen-bond donors (Lipinski definition) is 1. The van der Waals surface area contributed by atoms with E-state index in [4.69, 9.17) is 29.6 Å². The third kappa shape index (κ3) is 2.27. The molecule has 0 saturated carbocycles. The predicted octanol–water partition coefficient (Wildman–Crippen LogP) is 1.99. The molecule has 0 bridgehead atoms. The summed E-state index contributed by atoms with van der Waals surface area (Å²) in [5.74, 6) is 0. The minimum absolute atomic E-state index is 0.312. The number of halogens is 1. The molecule has 1 aromatic carbocycles. The van der Waals surface area contributed by atoms with E-state index < -0.39 is 0 Å². The van der Waals surface area contributed by atoms with Gasteiger partial charge >= 0.3 is 0 Å². The Kier molecular flexibility index (Phi) is 2.88. The molecule has 15 heavy (non-hydrogen) atoms. The minimum Gasteiger partial charge on any atom is -0.375 e. The lowest BCUT2D eigenvalue weighted by Gasteiger charge is -2.08. The number of nitrogens with zero attached hydrogens (tertiary/aromatic N) is 2. The lowest BCUT2D eigenvalue weighted by molar-refractivity contribution is 0.495. The second kappa shape index (κ2) is 4.16. The molecule has 78 valence electrons. The van der Waals surface area contributed by atoms with E-state index in [1.54, 1.807) is 5.01 Å². The smallest absolute Gasteiger partial charge is 0.186 e. The van der Waals surface area contributed by atoms with Gasteiger partial charge in [0.2, 0.25) is 0 Å². The zero-order valence-corrected chi connectivity index (χ0v) is 9.55. The molecule has 0 saturated heterocycles. The fourth-order valence-corrected chi connectivity index (χ4v) is 1.81. The van der Waals surface area contributed by atoms with Gasteiger partial charge in [0.1, 0.15) is 0 Å². The van der Waals surface area contributed by atoms with E-state index in [2.05, 4.69) is 5.10 Å². The molecule has 0 amide bonds. The summed E-state index contributed by atoms with van der Waals surface area (Å²) < 4.78 is 0. The fraction of sp³-hybridized carbons (Fsp3) is 0.200. The standard InChI is InChI=1S/C10H10ClN3S/c11-8-3-1-2-7(6-8)9-4-5-14(13-9)10(12)15/h1-3,6H,4-5H2,(H2,12,15). The van der Waals surface area contributed by atoms with Crippen molar-refractivity contribution in [3.63, 3.8) is 0 Å². The Labute approximate surface area is 98.5 Å². The van der Waals surface area contributed by atoms with Gasteiger partial charge in [0, 0.05) is 18.0 Å². The van der Waals surface area contributed by atoms with Crippen molar-refractivity contribution in [3.8, 4) is 0 Å². The van der Waals surface area contributed by atoms with Crippen molar-refractivity contribution in [2.45, 2.75) is 6.42 Å². The van der Waals surface area contributed by atoms with Gasteiger partial charge in [-0.15, -0.1) is 0 Å². The van der Waals surface area contributed by atoms with Crippen LogP contribution >= 0.6 is 23.8 Å². The highest BCUT2D eigenvalue weighted by Crippen LogP contribution is 2.17. The quantitative estimate of drug-likeness (QED) is 0.763. The van der Waals surface area contributed by atoms with Gasteiger partial charge in [-0.3, -0.25) is 0 Å². The van der Waals surface area contributed by atoms with E-state index >= 15 is 0 Å². The number of hydrazone groups is 1. The normalized spacial score (nSPS) is 15.3. The highest BCUT2D eigenvalue weighted by Gasteiger charge is 2.17. The first-order valence-electron chi connectivity index (χ1n) is 4.57. The minimum atomic E-state index is 0.312. The van der Waals surface area contributed by atoms with Gasteiger partial charge in [-0.1, -0.05) is 23.7 Å². The van der Waals surface area contributed by atoms with Crippen molar-refractivity contribution in [2.24, 2.45) is 10.8 Å². The number of rotatable bonds is 1. The van der Waals surface area contributed by atoms with Crippen molar-refractivity contribution in [3.05, 3.63) is 34.9 Å². The number of nitrogens with two attached hydrogens (primary N) is 1. The topological polar surface area (TPSA) is 41.6 Å². The molecule has 1 aliphatic rings. The van der Waals surface area contributed by atoms with Crippen LogP contribution in [0.1, 0.15) is 12.0 Å². The maximum Gasteiger partial charge on any atom is 0.186 e. The van der Waals surface area contributed by atoms with E-state index in [0.29, 0.717) is 10.1 Å². The molecule has 2 rings (SSSR count). The lowest BCUT2D eigenvalue weighted by atomic mass is 10.1. The molecular weight excluding hydrogens is 230 g/mol. The highest BCUT2D eigenvalue weighted by atomic mass is 35.5. The van der Waals surface area contributed by atoms with Crippen LogP contribution in [0.3, 0.4) is 0 Å². The number of hydrogen-bond acceptors (Lipinski definition) is 2. The molecule has 3 nitrogen and oxygen atoms in total. The summed E-state index contributed by atoms with van der Waals surface area (Å²) >= 11 is 10.8. The van der Waals surface area contributed by atoms with Crippen molar-refractivity contribution < 1.29 is 0 Å². The van der Waals surface area contributed by atoms with E-state index in [0.717, 1.165) is 24.2 Å². The van der Waals surface area contributed by atoms with Crippen LogP contribution in [0.5, 0.6) is 0 Å². The average Bonchev–Trinajstić information content (AvgIpc) is 2.66. The summed E-state index contributed by atoms with van der Waals surface area (Å²) in [5, 5.41) is 6.98. The lowest BCUT2D eigenvalue weighted by Crippen LogP contribution is -2.28. The zero-order valence-electron chi connectivity index (χ0n) is 7.98. The summed E-state index contributed by atoms with van der Waals surface area (Å²) in [6, 6.07) is 7.62. The Morgan fingerprint density at radius 1 is 1.53 bits per heavy atom. The monoisotopic (exact) mass is 239 g/mol. The first-order valence-corrected chi connectivity index (χ1v) is 5.36. The maximum absolute atomic E-state index is 5.90. The van der Waals surface area contributed by atoms with Gasteiger partial charge < -0.3 is 5.73 Å². The van der Waals surface area contributed by atoms with Crippen LogP contribution in [0.15, 0.2) is 29.4 Å². The molecule has 0 unspecified atom stereocenters. The summed E-state index contributed by atoms with van der Waals surface area (Å²) in [4.78, 5) is 0. The summed E-state index contributed by atoms with van der Waals surface area (Å²) in [7, 11) is 0. The van der Waals surface area contributed by atoms with Crippen LogP contribution in [0.2, 0.25) is 5.02 Å². The van der Waals surface area contributed by atoms with Crippen LogP contribution in [0, 0.1) is 0 Å². The molecule has 0 aliphatic carbocycles. The Balaban J connectivity index is 2.26. The van der Waals surface area contributed by atoms with E-state index in [9.17, 15) is 0 Å². The Morgan fingerprint density at radius 3 is 2.93 bits per heavy atom. The van der Waals surface area contributed by atoms with Gasteiger partial charge in [0.15, 0.2) is 5.11 Å². The van der Waals surface area contributed by atoms with Crippen molar-refractivity contribution in [1.82, 2.24) is 5.01 Å². The summed E-state index contributed by atoms with van der Waals surface area (Å²) in [6.07, 6.45) is 0.845. The van der Waals surface area contributed by atoms with Gasteiger partial charge in [0.25, 0.3) is 0 Å². The maximum atomic E-state index is 5.90. The molecule has 1 heterocycles. The molecule has 0 spiro atoms. The van der Waals surface area contributed by atoms with Crippen LogP contribution in [-0.2, 0) is 0 Å².